The van der Waals surface area contributed by atoms with Gasteiger partial charge in [-0.3, -0.25) is 4.79 Å². The number of aryl methyl sites for hydroxylation is 1. The van der Waals surface area contributed by atoms with Crippen LogP contribution >= 0.6 is 0 Å². The van der Waals surface area contributed by atoms with Gasteiger partial charge in [-0.2, -0.15) is 0 Å². The quantitative estimate of drug-likeness (QED) is 0.789. The van der Waals surface area contributed by atoms with Gasteiger partial charge in [0.15, 0.2) is 5.76 Å². The first-order valence-corrected chi connectivity index (χ1v) is 9.30. The minimum absolute atomic E-state index is 0.0468. The molecule has 0 bridgehead atoms. The molecule has 4 nitrogen and oxygen atoms in total. The number of furan rings is 1. The maximum absolute atomic E-state index is 13.7. The van der Waals surface area contributed by atoms with Crippen LogP contribution in [0.2, 0.25) is 0 Å². The van der Waals surface area contributed by atoms with Crippen LogP contribution in [0.1, 0.15) is 34.5 Å². The molecule has 1 aliphatic rings. The van der Waals surface area contributed by atoms with Gasteiger partial charge in [0.2, 0.25) is 0 Å². The van der Waals surface area contributed by atoms with E-state index in [-0.39, 0.29) is 11.7 Å². The van der Waals surface area contributed by atoms with Crippen LogP contribution in [0.4, 0.5) is 4.39 Å². The van der Waals surface area contributed by atoms with Gasteiger partial charge in [-0.05, 0) is 62.9 Å². The molecule has 3 rings (SSSR count). The zero-order valence-electron chi connectivity index (χ0n) is 15.6. The summed E-state index contributed by atoms with van der Waals surface area (Å²) in [7, 11) is 1.84. The molecular formula is C21H27FN2O2. The van der Waals surface area contributed by atoms with E-state index in [4.69, 9.17) is 4.42 Å². The summed E-state index contributed by atoms with van der Waals surface area (Å²) in [5, 5.41) is 0. The number of halogens is 1. The number of carbonyl (C=O) groups is 1. The van der Waals surface area contributed by atoms with Crippen LogP contribution in [0.5, 0.6) is 0 Å². The summed E-state index contributed by atoms with van der Waals surface area (Å²) in [6.07, 6.45) is 4.43. The molecule has 0 saturated carbocycles. The van der Waals surface area contributed by atoms with Crippen molar-refractivity contribution in [2.75, 3.05) is 33.2 Å². The normalized spacial score (nSPS) is 16.0. The van der Waals surface area contributed by atoms with E-state index < -0.39 is 0 Å². The molecule has 1 fully saturated rings. The Hall–Kier alpha value is -2.14. The number of nitrogens with zero attached hydrogens (tertiary/aromatic N) is 2. The Bertz CT molecular complexity index is 735. The van der Waals surface area contributed by atoms with E-state index in [1.165, 1.54) is 6.07 Å². The van der Waals surface area contributed by atoms with Crippen LogP contribution in [0, 0.1) is 18.7 Å². The maximum atomic E-state index is 13.7. The van der Waals surface area contributed by atoms with E-state index >= 15 is 0 Å². The van der Waals surface area contributed by atoms with Gasteiger partial charge >= 0.3 is 0 Å². The van der Waals surface area contributed by atoms with E-state index in [9.17, 15) is 9.18 Å². The molecule has 1 aliphatic heterocycles. The third-order valence-electron chi connectivity index (χ3n) is 5.30. The first-order chi connectivity index (χ1) is 12.5. The molecule has 5 heteroatoms. The van der Waals surface area contributed by atoms with Crippen molar-refractivity contribution in [1.82, 2.24) is 9.80 Å². The lowest BCUT2D eigenvalue weighted by molar-refractivity contribution is 0.0708. The second-order valence-electron chi connectivity index (χ2n) is 7.24. The van der Waals surface area contributed by atoms with Crippen LogP contribution in [-0.4, -0.2) is 48.9 Å². The summed E-state index contributed by atoms with van der Waals surface area (Å²) in [6, 6.07) is 8.81. The molecule has 1 aromatic heterocycles. The van der Waals surface area contributed by atoms with Crippen molar-refractivity contribution < 1.29 is 13.6 Å². The van der Waals surface area contributed by atoms with Crippen molar-refractivity contribution in [3.8, 4) is 0 Å². The van der Waals surface area contributed by atoms with Gasteiger partial charge in [-0.25, -0.2) is 4.39 Å². The highest BCUT2D eigenvalue weighted by Crippen LogP contribution is 2.20. The lowest BCUT2D eigenvalue weighted by atomic mass is 9.96. The number of hydrogen-bond acceptors (Lipinski definition) is 3. The molecule has 0 atom stereocenters. The SMILES string of the molecule is Cc1ccoc1C(=O)N(C)CC1CCN(CCc2ccccc2F)CC1. The van der Waals surface area contributed by atoms with Gasteiger partial charge in [0.25, 0.3) is 5.91 Å². The topological polar surface area (TPSA) is 36.7 Å². The molecule has 0 spiro atoms. The van der Waals surface area contributed by atoms with Crippen molar-refractivity contribution in [2.45, 2.75) is 26.2 Å². The highest BCUT2D eigenvalue weighted by atomic mass is 19.1. The number of carbonyl (C=O) groups excluding carboxylic acids is 1. The van der Waals surface area contributed by atoms with Crippen LogP contribution < -0.4 is 0 Å². The zero-order chi connectivity index (χ0) is 18.5. The molecule has 0 N–H and O–H groups in total. The van der Waals surface area contributed by atoms with Gasteiger partial charge in [0.05, 0.1) is 6.26 Å². The first-order valence-electron chi connectivity index (χ1n) is 9.30. The van der Waals surface area contributed by atoms with E-state index in [1.54, 1.807) is 17.2 Å². The highest BCUT2D eigenvalue weighted by molar-refractivity contribution is 5.92. The Morgan fingerprint density at radius 1 is 1.27 bits per heavy atom. The molecule has 140 valence electrons. The Labute approximate surface area is 154 Å². The average Bonchev–Trinajstić information content (AvgIpc) is 3.07. The standard InChI is InChI=1S/C21H27FN2O2/c1-16-10-14-26-20(16)21(25)23(2)15-17-7-11-24(12-8-17)13-9-18-5-3-4-6-19(18)22/h3-6,10,14,17H,7-9,11-13,15H2,1-2H3. The predicted molar refractivity (Wildman–Crippen MR) is 99.7 cm³/mol. The smallest absolute Gasteiger partial charge is 0.289 e. The van der Waals surface area contributed by atoms with Gasteiger partial charge in [-0.15, -0.1) is 0 Å². The van der Waals surface area contributed by atoms with Gasteiger partial charge in [-0.1, -0.05) is 18.2 Å². The summed E-state index contributed by atoms with van der Waals surface area (Å²) in [5.41, 5.74) is 1.67. The number of likely N-dealkylation sites (tertiary alicyclic amines) is 1. The molecule has 0 radical (unpaired) electrons. The summed E-state index contributed by atoms with van der Waals surface area (Å²) in [6.45, 7) is 5.52. The number of rotatable bonds is 6. The molecule has 0 unspecified atom stereocenters. The fraction of sp³-hybridized carbons (Fsp3) is 0.476. The fourth-order valence-corrected chi connectivity index (χ4v) is 3.61. The summed E-state index contributed by atoms with van der Waals surface area (Å²) >= 11 is 0. The minimum Gasteiger partial charge on any atom is -0.459 e. The van der Waals surface area contributed by atoms with Crippen molar-refractivity contribution in [3.05, 3.63) is 59.3 Å². The van der Waals surface area contributed by atoms with Crippen molar-refractivity contribution >= 4 is 5.91 Å². The molecule has 1 amide bonds. The highest BCUT2D eigenvalue weighted by Gasteiger charge is 2.24. The largest absolute Gasteiger partial charge is 0.459 e. The van der Waals surface area contributed by atoms with Crippen molar-refractivity contribution in [1.29, 1.82) is 0 Å². The Balaban J connectivity index is 1.43. The van der Waals surface area contributed by atoms with Crippen molar-refractivity contribution in [2.24, 2.45) is 5.92 Å². The predicted octanol–water partition coefficient (Wildman–Crippen LogP) is 3.75. The van der Waals surface area contributed by atoms with Gasteiger partial charge in [0.1, 0.15) is 5.82 Å². The Morgan fingerprint density at radius 2 is 2.00 bits per heavy atom. The Kier molecular flexibility index (Phi) is 6.09. The number of benzene rings is 1. The second kappa shape index (κ2) is 8.49. The minimum atomic E-state index is -0.115. The second-order valence-corrected chi connectivity index (χ2v) is 7.24. The third-order valence-corrected chi connectivity index (χ3v) is 5.30. The molecule has 2 aromatic rings. The summed E-state index contributed by atoms with van der Waals surface area (Å²) < 4.78 is 19.0. The average molecular weight is 358 g/mol. The summed E-state index contributed by atoms with van der Waals surface area (Å²) in [4.78, 5) is 16.6. The third kappa shape index (κ3) is 4.52. The zero-order valence-corrected chi connectivity index (χ0v) is 15.6. The molecule has 0 aliphatic carbocycles. The monoisotopic (exact) mass is 358 g/mol. The van der Waals surface area contributed by atoms with Crippen LogP contribution in [0.15, 0.2) is 41.0 Å². The molecule has 1 saturated heterocycles. The first kappa shape index (κ1) is 18.6. The number of hydrogen-bond donors (Lipinski definition) is 0. The molecule has 26 heavy (non-hydrogen) atoms. The molecular weight excluding hydrogens is 331 g/mol. The number of amides is 1. The molecule has 2 heterocycles. The van der Waals surface area contributed by atoms with E-state index in [2.05, 4.69) is 4.90 Å². The van der Waals surface area contributed by atoms with Crippen LogP contribution in [0.25, 0.3) is 0 Å². The van der Waals surface area contributed by atoms with Crippen LogP contribution in [0.3, 0.4) is 0 Å². The van der Waals surface area contributed by atoms with E-state index in [0.29, 0.717) is 11.7 Å². The number of piperidine rings is 1. The lowest BCUT2D eigenvalue weighted by Gasteiger charge is -2.33. The maximum Gasteiger partial charge on any atom is 0.289 e. The van der Waals surface area contributed by atoms with Crippen molar-refractivity contribution in [3.63, 3.8) is 0 Å². The molecule has 1 aromatic carbocycles. The van der Waals surface area contributed by atoms with E-state index in [0.717, 1.165) is 56.6 Å². The van der Waals surface area contributed by atoms with Gasteiger partial charge in [0, 0.05) is 25.7 Å². The Morgan fingerprint density at radius 3 is 2.65 bits per heavy atom. The summed E-state index contributed by atoms with van der Waals surface area (Å²) in [5.74, 6) is 0.781. The lowest BCUT2D eigenvalue weighted by Crippen LogP contribution is -2.40. The van der Waals surface area contributed by atoms with E-state index in [1.807, 2.05) is 32.2 Å². The van der Waals surface area contributed by atoms with Gasteiger partial charge < -0.3 is 14.2 Å². The van der Waals surface area contributed by atoms with Crippen LogP contribution in [-0.2, 0) is 6.42 Å². The fourth-order valence-electron chi connectivity index (χ4n) is 3.61.